The predicted octanol–water partition coefficient (Wildman–Crippen LogP) is 3.97. The van der Waals surface area contributed by atoms with E-state index in [-0.39, 0.29) is 12.8 Å². The van der Waals surface area contributed by atoms with Crippen molar-refractivity contribution in [3.05, 3.63) is 72.2 Å². The van der Waals surface area contributed by atoms with E-state index in [9.17, 15) is 4.79 Å². The third-order valence-corrected chi connectivity index (χ3v) is 5.67. The number of benzene rings is 2. The first-order chi connectivity index (χ1) is 15.7. The van der Waals surface area contributed by atoms with Crippen molar-refractivity contribution in [1.82, 2.24) is 9.80 Å². The van der Waals surface area contributed by atoms with E-state index in [1.54, 1.807) is 24.5 Å². The van der Waals surface area contributed by atoms with Gasteiger partial charge in [0.2, 0.25) is 6.79 Å². The molecule has 8 nitrogen and oxygen atoms in total. The Bertz CT molecular complexity index is 1040. The molecule has 166 valence electrons. The molecule has 2 aliphatic heterocycles. The molecule has 1 saturated heterocycles. The number of carbonyl (C=O) groups is 1. The Hall–Kier alpha value is -3.49. The molecule has 0 aliphatic carbocycles. The zero-order valence-corrected chi connectivity index (χ0v) is 17.8. The summed E-state index contributed by atoms with van der Waals surface area (Å²) in [6.45, 7) is 6.09. The standard InChI is InChI=1S/C24H26N4O4/c29-24(26-20-7-8-22-23(14-20)32-17-31-22)25-19-5-3-18(4-6-19)15-27-9-11-28(12-10-27)16-21-2-1-13-30-21/h1-8,13-14H,9-12,15-17H2,(H2,25,26,29). The Balaban J connectivity index is 1.08. The van der Waals surface area contributed by atoms with Crippen LogP contribution in [0.5, 0.6) is 11.5 Å². The van der Waals surface area contributed by atoms with Gasteiger partial charge >= 0.3 is 6.03 Å². The van der Waals surface area contributed by atoms with E-state index in [2.05, 4.69) is 32.6 Å². The second-order valence-electron chi connectivity index (χ2n) is 7.98. The number of urea groups is 1. The summed E-state index contributed by atoms with van der Waals surface area (Å²) in [6.07, 6.45) is 1.73. The summed E-state index contributed by atoms with van der Waals surface area (Å²) in [5, 5.41) is 5.68. The largest absolute Gasteiger partial charge is 0.468 e. The summed E-state index contributed by atoms with van der Waals surface area (Å²) in [4.78, 5) is 17.2. The smallest absolute Gasteiger partial charge is 0.323 e. The van der Waals surface area contributed by atoms with Crippen molar-refractivity contribution in [1.29, 1.82) is 0 Å². The van der Waals surface area contributed by atoms with E-state index in [1.165, 1.54) is 5.56 Å². The maximum Gasteiger partial charge on any atom is 0.323 e. The van der Waals surface area contributed by atoms with Crippen LogP contribution >= 0.6 is 0 Å². The minimum Gasteiger partial charge on any atom is -0.468 e. The molecule has 0 bridgehead atoms. The number of amides is 2. The Kier molecular flexibility index (Phi) is 5.96. The van der Waals surface area contributed by atoms with Gasteiger partial charge in [0.05, 0.1) is 12.8 Å². The Morgan fingerprint density at radius 2 is 1.50 bits per heavy atom. The van der Waals surface area contributed by atoms with Gasteiger partial charge in [0.1, 0.15) is 5.76 Å². The number of ether oxygens (including phenoxy) is 2. The van der Waals surface area contributed by atoms with Crippen molar-refractivity contribution in [3.63, 3.8) is 0 Å². The number of rotatable bonds is 6. The van der Waals surface area contributed by atoms with Crippen LogP contribution in [0.15, 0.2) is 65.3 Å². The molecule has 0 saturated carbocycles. The van der Waals surface area contributed by atoms with E-state index < -0.39 is 0 Å². The van der Waals surface area contributed by atoms with Crippen LogP contribution in [0.1, 0.15) is 11.3 Å². The number of hydrogen-bond acceptors (Lipinski definition) is 6. The lowest BCUT2D eigenvalue weighted by Crippen LogP contribution is -2.45. The minimum atomic E-state index is -0.302. The van der Waals surface area contributed by atoms with Crippen molar-refractivity contribution in [2.24, 2.45) is 0 Å². The van der Waals surface area contributed by atoms with Crippen LogP contribution in [0, 0.1) is 0 Å². The van der Waals surface area contributed by atoms with Crippen molar-refractivity contribution in [3.8, 4) is 11.5 Å². The number of fused-ring (bicyclic) bond motifs is 1. The molecule has 3 heterocycles. The van der Waals surface area contributed by atoms with Crippen LogP contribution in [0.25, 0.3) is 0 Å². The van der Waals surface area contributed by atoms with Crippen LogP contribution in [0.2, 0.25) is 0 Å². The third-order valence-electron chi connectivity index (χ3n) is 5.67. The molecule has 0 radical (unpaired) electrons. The van der Waals surface area contributed by atoms with Crippen LogP contribution < -0.4 is 20.1 Å². The van der Waals surface area contributed by atoms with Gasteiger partial charge in [0.15, 0.2) is 11.5 Å². The van der Waals surface area contributed by atoms with Crippen molar-refractivity contribution >= 4 is 17.4 Å². The van der Waals surface area contributed by atoms with Gasteiger partial charge in [0.25, 0.3) is 0 Å². The molecule has 2 N–H and O–H groups in total. The molecule has 0 atom stereocenters. The van der Waals surface area contributed by atoms with E-state index in [0.29, 0.717) is 17.2 Å². The fraction of sp³-hybridized carbons (Fsp3) is 0.292. The third kappa shape index (κ3) is 5.04. The molecule has 1 fully saturated rings. The monoisotopic (exact) mass is 434 g/mol. The molecule has 8 heteroatoms. The van der Waals surface area contributed by atoms with E-state index >= 15 is 0 Å². The fourth-order valence-electron chi connectivity index (χ4n) is 3.95. The molecule has 2 aliphatic rings. The lowest BCUT2D eigenvalue weighted by Gasteiger charge is -2.34. The second kappa shape index (κ2) is 9.33. The zero-order valence-electron chi connectivity index (χ0n) is 17.8. The van der Waals surface area contributed by atoms with Crippen molar-refractivity contribution < 1.29 is 18.7 Å². The topological polar surface area (TPSA) is 79.2 Å². The number of nitrogens with one attached hydrogen (secondary N) is 2. The van der Waals surface area contributed by atoms with Gasteiger partial charge < -0.3 is 24.5 Å². The summed E-state index contributed by atoms with van der Waals surface area (Å²) in [7, 11) is 0. The highest BCUT2D eigenvalue weighted by atomic mass is 16.7. The average molecular weight is 434 g/mol. The second-order valence-corrected chi connectivity index (χ2v) is 7.98. The molecule has 1 aromatic heterocycles. The summed E-state index contributed by atoms with van der Waals surface area (Å²) in [5.41, 5.74) is 2.62. The summed E-state index contributed by atoms with van der Waals surface area (Å²) in [5.74, 6) is 2.34. The maximum absolute atomic E-state index is 12.3. The number of carbonyl (C=O) groups excluding carboxylic acids is 1. The predicted molar refractivity (Wildman–Crippen MR) is 121 cm³/mol. The first-order valence-electron chi connectivity index (χ1n) is 10.7. The first kappa shape index (κ1) is 20.4. The van der Waals surface area contributed by atoms with Gasteiger partial charge in [-0.25, -0.2) is 4.79 Å². The SMILES string of the molecule is O=C(Nc1ccc(CN2CCN(Cc3ccco3)CC2)cc1)Nc1ccc2c(c1)OCO2. The molecule has 5 rings (SSSR count). The normalized spacial score (nSPS) is 16.1. The summed E-state index contributed by atoms with van der Waals surface area (Å²) in [6, 6.07) is 17.0. The zero-order chi connectivity index (χ0) is 21.8. The van der Waals surface area contributed by atoms with Gasteiger partial charge in [-0.15, -0.1) is 0 Å². The summed E-state index contributed by atoms with van der Waals surface area (Å²) < 4.78 is 16.1. The molecule has 2 amide bonds. The lowest BCUT2D eigenvalue weighted by atomic mass is 10.1. The molecule has 2 aromatic carbocycles. The Morgan fingerprint density at radius 1 is 0.812 bits per heavy atom. The highest BCUT2D eigenvalue weighted by Crippen LogP contribution is 2.34. The fourth-order valence-corrected chi connectivity index (χ4v) is 3.95. The number of anilines is 2. The molecule has 0 spiro atoms. The van der Waals surface area contributed by atoms with E-state index in [1.807, 2.05) is 24.3 Å². The van der Waals surface area contributed by atoms with Crippen LogP contribution in [-0.4, -0.2) is 48.8 Å². The van der Waals surface area contributed by atoms with Gasteiger partial charge in [-0.05, 0) is 42.0 Å². The number of furan rings is 1. The van der Waals surface area contributed by atoms with E-state index in [4.69, 9.17) is 13.9 Å². The minimum absolute atomic E-state index is 0.206. The van der Waals surface area contributed by atoms with Gasteiger partial charge in [-0.1, -0.05) is 12.1 Å². The highest BCUT2D eigenvalue weighted by molar-refractivity contribution is 5.99. The first-order valence-corrected chi connectivity index (χ1v) is 10.7. The molecule has 3 aromatic rings. The highest BCUT2D eigenvalue weighted by Gasteiger charge is 2.18. The number of hydrogen-bond donors (Lipinski definition) is 2. The Labute approximate surface area is 186 Å². The Morgan fingerprint density at radius 3 is 2.25 bits per heavy atom. The van der Waals surface area contributed by atoms with E-state index in [0.717, 1.165) is 50.7 Å². The molecular weight excluding hydrogens is 408 g/mol. The van der Waals surface area contributed by atoms with Crippen LogP contribution in [0.4, 0.5) is 16.2 Å². The maximum atomic E-state index is 12.3. The van der Waals surface area contributed by atoms with Crippen LogP contribution in [-0.2, 0) is 13.1 Å². The van der Waals surface area contributed by atoms with Gasteiger partial charge in [-0.2, -0.15) is 0 Å². The number of piperazine rings is 1. The van der Waals surface area contributed by atoms with Crippen molar-refractivity contribution in [2.75, 3.05) is 43.6 Å². The van der Waals surface area contributed by atoms with Crippen LogP contribution in [0.3, 0.4) is 0 Å². The number of nitrogens with zero attached hydrogens (tertiary/aromatic N) is 2. The molecule has 32 heavy (non-hydrogen) atoms. The molecule has 0 unspecified atom stereocenters. The molecular formula is C24H26N4O4. The lowest BCUT2D eigenvalue weighted by molar-refractivity contribution is 0.116. The van der Waals surface area contributed by atoms with Gasteiger partial charge in [-0.3, -0.25) is 9.80 Å². The average Bonchev–Trinajstić information content (AvgIpc) is 3.48. The quantitative estimate of drug-likeness (QED) is 0.611. The summed E-state index contributed by atoms with van der Waals surface area (Å²) >= 11 is 0. The van der Waals surface area contributed by atoms with Crippen molar-refractivity contribution in [2.45, 2.75) is 13.1 Å². The van der Waals surface area contributed by atoms with Gasteiger partial charge in [0, 0.05) is 50.2 Å².